The summed E-state index contributed by atoms with van der Waals surface area (Å²) in [5, 5.41) is 3.26. The fourth-order valence-corrected chi connectivity index (χ4v) is 1.77. The van der Waals surface area contributed by atoms with E-state index in [2.05, 4.69) is 17.2 Å². The molecule has 5 heteroatoms. The van der Waals surface area contributed by atoms with Crippen LogP contribution in [-0.4, -0.2) is 17.6 Å². The normalized spacial score (nSPS) is 13.6. The van der Waals surface area contributed by atoms with E-state index >= 15 is 0 Å². The lowest BCUT2D eigenvalue weighted by molar-refractivity contribution is -0.138. The molecule has 0 aliphatic carbocycles. The molecule has 0 saturated carbocycles. The Labute approximate surface area is 106 Å². The van der Waals surface area contributed by atoms with Gasteiger partial charge in [0.1, 0.15) is 0 Å². The Balaban J connectivity index is 2.62. The van der Waals surface area contributed by atoms with Crippen molar-refractivity contribution in [3.05, 3.63) is 29.6 Å². The Morgan fingerprint density at radius 1 is 1.39 bits per heavy atom. The van der Waals surface area contributed by atoms with Crippen molar-refractivity contribution < 1.29 is 13.2 Å². The zero-order chi connectivity index (χ0) is 13.6. The third kappa shape index (κ3) is 4.64. The first-order valence-electron chi connectivity index (χ1n) is 6.18. The summed E-state index contributed by atoms with van der Waals surface area (Å²) in [7, 11) is 0. The van der Waals surface area contributed by atoms with E-state index < -0.39 is 11.7 Å². The lowest BCUT2D eigenvalue weighted by Gasteiger charge is -2.15. The Kier molecular flexibility index (Phi) is 5.59. The minimum absolute atomic E-state index is 0.214. The molecule has 0 aliphatic heterocycles. The van der Waals surface area contributed by atoms with Crippen LogP contribution in [0.4, 0.5) is 13.2 Å². The van der Waals surface area contributed by atoms with Crippen LogP contribution in [0.2, 0.25) is 0 Å². The number of pyridine rings is 1. The third-order valence-electron chi connectivity index (χ3n) is 2.80. The van der Waals surface area contributed by atoms with Gasteiger partial charge < -0.3 is 5.32 Å². The molecule has 2 nitrogen and oxygen atoms in total. The summed E-state index contributed by atoms with van der Waals surface area (Å²) in [6, 6.07) is 1.26. The van der Waals surface area contributed by atoms with Crippen molar-refractivity contribution in [1.82, 2.24) is 10.3 Å². The highest BCUT2D eigenvalue weighted by Gasteiger charge is 2.32. The predicted molar refractivity (Wildman–Crippen MR) is 65.3 cm³/mol. The molecule has 1 aromatic heterocycles. The molecule has 18 heavy (non-hydrogen) atoms. The molecular weight excluding hydrogens is 241 g/mol. The lowest BCUT2D eigenvalue weighted by atomic mass is 10.0. The van der Waals surface area contributed by atoms with E-state index in [4.69, 9.17) is 0 Å². The fraction of sp³-hybridized carbons (Fsp3) is 0.615. The predicted octanol–water partition coefficient (Wildman–Crippen LogP) is 3.42. The van der Waals surface area contributed by atoms with Crippen molar-refractivity contribution in [3.8, 4) is 0 Å². The highest BCUT2D eigenvalue weighted by molar-refractivity contribution is 5.26. The molecule has 1 heterocycles. The van der Waals surface area contributed by atoms with Crippen LogP contribution >= 0.6 is 0 Å². The van der Waals surface area contributed by atoms with Gasteiger partial charge in [0.15, 0.2) is 0 Å². The third-order valence-corrected chi connectivity index (χ3v) is 2.80. The minimum atomic E-state index is -4.29. The minimum Gasteiger partial charge on any atom is -0.314 e. The number of rotatable bonds is 6. The summed E-state index contributed by atoms with van der Waals surface area (Å²) in [4.78, 5) is 3.78. The molecule has 0 fully saturated rings. The quantitative estimate of drug-likeness (QED) is 0.847. The number of halogens is 3. The van der Waals surface area contributed by atoms with E-state index in [1.807, 2.05) is 6.92 Å². The van der Waals surface area contributed by atoms with Crippen LogP contribution < -0.4 is 5.32 Å². The number of hydrogen-bond donors (Lipinski definition) is 1. The van der Waals surface area contributed by atoms with Crippen LogP contribution in [0.1, 0.15) is 37.8 Å². The highest BCUT2D eigenvalue weighted by atomic mass is 19.4. The van der Waals surface area contributed by atoms with Crippen molar-refractivity contribution >= 4 is 0 Å². The molecule has 1 N–H and O–H groups in total. The van der Waals surface area contributed by atoms with E-state index in [9.17, 15) is 13.2 Å². The molecule has 1 rings (SSSR count). The maximum Gasteiger partial charge on any atom is 0.416 e. The van der Waals surface area contributed by atoms with Gasteiger partial charge in [-0.25, -0.2) is 0 Å². The molecule has 0 bridgehead atoms. The average molecular weight is 260 g/mol. The summed E-state index contributed by atoms with van der Waals surface area (Å²) >= 11 is 0. The van der Waals surface area contributed by atoms with E-state index in [-0.39, 0.29) is 11.6 Å². The second kappa shape index (κ2) is 6.73. The maximum atomic E-state index is 12.7. The van der Waals surface area contributed by atoms with Crippen molar-refractivity contribution in [1.29, 1.82) is 0 Å². The van der Waals surface area contributed by atoms with Gasteiger partial charge in [0.25, 0.3) is 0 Å². The van der Waals surface area contributed by atoms with Gasteiger partial charge in [-0.2, -0.15) is 13.2 Å². The Morgan fingerprint density at radius 2 is 2.11 bits per heavy atom. The topological polar surface area (TPSA) is 24.9 Å². The second-order valence-electron chi connectivity index (χ2n) is 4.42. The molecule has 0 aromatic carbocycles. The zero-order valence-electron chi connectivity index (χ0n) is 10.7. The summed E-state index contributed by atoms with van der Waals surface area (Å²) in [6.07, 6.45) is 0.291. The summed E-state index contributed by atoms with van der Waals surface area (Å²) in [5.41, 5.74) is -0.296. The average Bonchev–Trinajstić information content (AvgIpc) is 2.33. The SMILES string of the molecule is CCCNC(C)CCc1cnccc1C(F)(F)F. The van der Waals surface area contributed by atoms with E-state index in [0.717, 1.165) is 19.0 Å². The number of nitrogens with zero attached hydrogens (tertiary/aromatic N) is 1. The van der Waals surface area contributed by atoms with Gasteiger partial charge in [0.2, 0.25) is 0 Å². The number of aryl methyl sites for hydroxylation is 1. The van der Waals surface area contributed by atoms with Crippen molar-refractivity contribution in [2.45, 2.75) is 45.3 Å². The largest absolute Gasteiger partial charge is 0.416 e. The molecule has 102 valence electrons. The van der Waals surface area contributed by atoms with Gasteiger partial charge >= 0.3 is 6.18 Å². The Hall–Kier alpha value is -1.10. The molecule has 1 aromatic rings. The van der Waals surface area contributed by atoms with Gasteiger partial charge in [-0.15, -0.1) is 0 Å². The fourth-order valence-electron chi connectivity index (χ4n) is 1.77. The van der Waals surface area contributed by atoms with Crippen LogP contribution in [-0.2, 0) is 12.6 Å². The van der Waals surface area contributed by atoms with Crippen molar-refractivity contribution in [2.24, 2.45) is 0 Å². The van der Waals surface area contributed by atoms with Crippen LogP contribution in [0.15, 0.2) is 18.5 Å². The highest BCUT2D eigenvalue weighted by Crippen LogP contribution is 2.31. The summed E-state index contributed by atoms with van der Waals surface area (Å²) in [6.45, 7) is 4.93. The Morgan fingerprint density at radius 3 is 2.72 bits per heavy atom. The smallest absolute Gasteiger partial charge is 0.314 e. The number of aromatic nitrogens is 1. The molecular formula is C13H19F3N2. The summed E-state index contributed by atoms with van der Waals surface area (Å²) < 4.78 is 38.2. The van der Waals surface area contributed by atoms with Crippen molar-refractivity contribution in [2.75, 3.05) is 6.54 Å². The lowest BCUT2D eigenvalue weighted by Crippen LogP contribution is -2.27. The standard InChI is InChI=1S/C13H19F3N2/c1-3-7-18-10(2)4-5-11-9-17-8-6-12(11)13(14,15)16/h6,8-10,18H,3-5,7H2,1-2H3. The first-order chi connectivity index (χ1) is 8.45. The van der Waals surface area contributed by atoms with Crippen LogP contribution in [0, 0.1) is 0 Å². The van der Waals surface area contributed by atoms with Crippen molar-refractivity contribution in [3.63, 3.8) is 0 Å². The van der Waals surface area contributed by atoms with Gasteiger partial charge in [0, 0.05) is 18.4 Å². The number of alkyl halides is 3. The van der Waals surface area contributed by atoms with E-state index in [1.54, 1.807) is 0 Å². The van der Waals surface area contributed by atoms with E-state index in [0.29, 0.717) is 12.8 Å². The summed E-state index contributed by atoms with van der Waals surface area (Å²) in [5.74, 6) is 0. The number of hydrogen-bond acceptors (Lipinski definition) is 2. The van der Waals surface area contributed by atoms with Crippen LogP contribution in [0.25, 0.3) is 0 Å². The molecule has 1 atom stereocenters. The molecule has 0 aliphatic rings. The number of nitrogens with one attached hydrogen (secondary N) is 1. The first-order valence-corrected chi connectivity index (χ1v) is 6.18. The van der Waals surface area contributed by atoms with Gasteiger partial charge in [-0.1, -0.05) is 6.92 Å². The van der Waals surface area contributed by atoms with Gasteiger partial charge in [-0.05, 0) is 44.4 Å². The Bertz CT molecular complexity index is 363. The molecule has 0 saturated heterocycles. The van der Waals surface area contributed by atoms with Gasteiger partial charge in [0.05, 0.1) is 5.56 Å². The molecule has 0 spiro atoms. The first kappa shape index (κ1) is 15.0. The zero-order valence-corrected chi connectivity index (χ0v) is 10.7. The van der Waals surface area contributed by atoms with Crippen LogP contribution in [0.3, 0.4) is 0 Å². The second-order valence-corrected chi connectivity index (χ2v) is 4.42. The molecule has 1 unspecified atom stereocenters. The molecule has 0 amide bonds. The maximum absolute atomic E-state index is 12.7. The van der Waals surface area contributed by atoms with E-state index in [1.165, 1.54) is 12.4 Å². The monoisotopic (exact) mass is 260 g/mol. The van der Waals surface area contributed by atoms with Crippen LogP contribution in [0.5, 0.6) is 0 Å². The van der Waals surface area contributed by atoms with Gasteiger partial charge in [-0.3, -0.25) is 4.98 Å². The molecule has 0 radical (unpaired) electrons.